The molecule has 22 heavy (non-hydrogen) atoms. The van der Waals surface area contributed by atoms with Gasteiger partial charge < -0.3 is 8.97 Å². The standard InChI is InChI=1S/C17H24N2O2S/c1-17(2,3)22(20)19-15(16-18-12-13-21-16)11-7-10-14-8-5-4-6-9-14/h4-6,8-9,12-13,15,19H,7,10-11H2,1-3H3/t15-,22-/m0/s1. The van der Waals surface area contributed by atoms with Crippen LogP contribution in [0.15, 0.2) is 47.2 Å². The van der Waals surface area contributed by atoms with Crippen molar-refractivity contribution in [3.05, 3.63) is 54.2 Å². The number of nitrogens with zero attached hydrogens (tertiary/aromatic N) is 1. The van der Waals surface area contributed by atoms with Crippen LogP contribution in [0.3, 0.4) is 0 Å². The Hall–Kier alpha value is -1.30. The van der Waals surface area contributed by atoms with Gasteiger partial charge in [0.25, 0.3) is 0 Å². The number of aryl methyl sites for hydroxylation is 1. The van der Waals surface area contributed by atoms with Gasteiger partial charge in [0, 0.05) is 11.4 Å². The average Bonchev–Trinajstić information content (AvgIpc) is 3.00. The Kier molecular flexibility index (Phi) is 6.06. The highest BCUT2D eigenvalue weighted by Gasteiger charge is 2.31. The minimum Gasteiger partial charge on any atom is -0.598 e. The van der Waals surface area contributed by atoms with E-state index in [2.05, 4.69) is 21.8 Å². The topological polar surface area (TPSA) is 61.1 Å². The van der Waals surface area contributed by atoms with Crippen LogP contribution in [0.1, 0.15) is 51.1 Å². The third kappa shape index (κ3) is 5.16. The molecule has 1 aromatic carbocycles. The molecule has 5 heteroatoms. The number of rotatable bonds is 7. The number of hydrogen-bond donors (Lipinski definition) is 1. The van der Waals surface area contributed by atoms with E-state index in [1.807, 2.05) is 39.0 Å². The summed E-state index contributed by atoms with van der Waals surface area (Å²) in [6.07, 6.45) is 5.98. The van der Waals surface area contributed by atoms with Crippen molar-refractivity contribution in [2.24, 2.45) is 0 Å². The molecular formula is C17H24N2O2S. The summed E-state index contributed by atoms with van der Waals surface area (Å²) in [7, 11) is 0. The third-order valence-electron chi connectivity index (χ3n) is 3.36. The first-order valence-electron chi connectivity index (χ1n) is 7.58. The zero-order valence-corrected chi connectivity index (χ0v) is 14.2. The van der Waals surface area contributed by atoms with Gasteiger partial charge in [-0.1, -0.05) is 30.3 Å². The molecule has 1 aromatic heterocycles. The maximum absolute atomic E-state index is 12.3. The summed E-state index contributed by atoms with van der Waals surface area (Å²) in [5, 5.41) is 0. The van der Waals surface area contributed by atoms with Crippen molar-refractivity contribution in [3.8, 4) is 0 Å². The minimum absolute atomic E-state index is 0.126. The van der Waals surface area contributed by atoms with Gasteiger partial charge in [0.1, 0.15) is 17.1 Å². The zero-order chi connectivity index (χ0) is 16.0. The molecule has 0 fully saturated rings. The van der Waals surface area contributed by atoms with Crippen LogP contribution < -0.4 is 4.72 Å². The zero-order valence-electron chi connectivity index (χ0n) is 13.4. The Labute approximate surface area is 135 Å². The quantitative estimate of drug-likeness (QED) is 0.788. The van der Waals surface area contributed by atoms with Crippen molar-refractivity contribution < 1.29 is 8.97 Å². The summed E-state index contributed by atoms with van der Waals surface area (Å²) in [4.78, 5) is 4.21. The van der Waals surface area contributed by atoms with Crippen molar-refractivity contribution in [1.29, 1.82) is 0 Å². The largest absolute Gasteiger partial charge is 0.598 e. The van der Waals surface area contributed by atoms with Crippen LogP contribution in [0.4, 0.5) is 0 Å². The van der Waals surface area contributed by atoms with Crippen molar-refractivity contribution in [2.45, 2.75) is 50.8 Å². The van der Waals surface area contributed by atoms with E-state index in [9.17, 15) is 4.55 Å². The Morgan fingerprint density at radius 3 is 2.59 bits per heavy atom. The summed E-state index contributed by atoms with van der Waals surface area (Å²) < 4.78 is 20.6. The van der Waals surface area contributed by atoms with Crippen LogP contribution in [0.25, 0.3) is 0 Å². The fourth-order valence-corrected chi connectivity index (χ4v) is 2.93. The Balaban J connectivity index is 1.94. The first-order valence-corrected chi connectivity index (χ1v) is 8.73. The van der Waals surface area contributed by atoms with Gasteiger partial charge in [0.05, 0.1) is 6.20 Å². The van der Waals surface area contributed by atoms with Gasteiger partial charge in [-0.25, -0.2) is 4.98 Å². The average molecular weight is 320 g/mol. The third-order valence-corrected chi connectivity index (χ3v) is 4.97. The molecule has 4 nitrogen and oxygen atoms in total. The van der Waals surface area contributed by atoms with Crippen LogP contribution in [0.2, 0.25) is 0 Å². The van der Waals surface area contributed by atoms with E-state index in [0.29, 0.717) is 5.89 Å². The molecular weight excluding hydrogens is 296 g/mol. The van der Waals surface area contributed by atoms with Gasteiger partial charge in [-0.05, 0) is 45.6 Å². The molecule has 0 unspecified atom stereocenters. The second kappa shape index (κ2) is 7.81. The highest BCUT2D eigenvalue weighted by molar-refractivity contribution is 7.90. The van der Waals surface area contributed by atoms with E-state index >= 15 is 0 Å². The van der Waals surface area contributed by atoms with E-state index in [1.54, 1.807) is 12.5 Å². The van der Waals surface area contributed by atoms with Crippen molar-refractivity contribution in [3.63, 3.8) is 0 Å². The molecule has 0 aliphatic carbocycles. The molecule has 1 N–H and O–H groups in total. The van der Waals surface area contributed by atoms with Crippen LogP contribution in [0.5, 0.6) is 0 Å². The lowest BCUT2D eigenvalue weighted by molar-refractivity contribution is 0.404. The molecule has 2 rings (SSSR count). The van der Waals surface area contributed by atoms with Crippen LogP contribution in [-0.4, -0.2) is 14.3 Å². The highest BCUT2D eigenvalue weighted by Crippen LogP contribution is 2.23. The van der Waals surface area contributed by atoms with Gasteiger partial charge in [0.15, 0.2) is 0 Å². The van der Waals surface area contributed by atoms with Gasteiger partial charge in [-0.3, -0.25) is 0 Å². The lowest BCUT2D eigenvalue weighted by Crippen LogP contribution is -2.41. The molecule has 0 radical (unpaired) electrons. The molecule has 0 spiro atoms. The molecule has 2 atom stereocenters. The maximum Gasteiger partial charge on any atom is 0.215 e. The number of oxazole rings is 1. The second-order valence-electron chi connectivity index (χ2n) is 6.30. The van der Waals surface area contributed by atoms with E-state index in [1.165, 1.54) is 5.56 Å². The smallest absolute Gasteiger partial charge is 0.215 e. The van der Waals surface area contributed by atoms with Crippen molar-refractivity contribution >= 4 is 11.4 Å². The first kappa shape index (κ1) is 17.1. The van der Waals surface area contributed by atoms with Crippen molar-refractivity contribution in [2.75, 3.05) is 0 Å². The van der Waals surface area contributed by atoms with E-state index in [4.69, 9.17) is 4.42 Å². The minimum atomic E-state index is -1.15. The number of benzene rings is 1. The summed E-state index contributed by atoms with van der Waals surface area (Å²) in [6, 6.07) is 10.2. The fraction of sp³-hybridized carbons (Fsp3) is 0.471. The maximum atomic E-state index is 12.3. The Morgan fingerprint density at radius 1 is 1.27 bits per heavy atom. The predicted molar refractivity (Wildman–Crippen MR) is 89.7 cm³/mol. The first-order chi connectivity index (χ1) is 10.5. The second-order valence-corrected chi connectivity index (χ2v) is 8.30. The summed E-state index contributed by atoms with van der Waals surface area (Å²) in [6.45, 7) is 5.85. The van der Waals surface area contributed by atoms with E-state index in [-0.39, 0.29) is 10.8 Å². The van der Waals surface area contributed by atoms with E-state index < -0.39 is 11.4 Å². The van der Waals surface area contributed by atoms with E-state index in [0.717, 1.165) is 19.3 Å². The molecule has 120 valence electrons. The molecule has 0 saturated carbocycles. The molecule has 2 aromatic rings. The molecule has 0 bridgehead atoms. The monoisotopic (exact) mass is 320 g/mol. The molecule has 0 aliphatic heterocycles. The van der Waals surface area contributed by atoms with Crippen LogP contribution in [-0.2, 0) is 17.8 Å². The number of nitrogens with one attached hydrogen (secondary N) is 1. The SMILES string of the molecule is CC(C)(C)[S@+]([O-])N[C@@H](CCCc1ccccc1)c1ncco1. The lowest BCUT2D eigenvalue weighted by Gasteiger charge is -2.26. The highest BCUT2D eigenvalue weighted by atomic mass is 32.2. The van der Waals surface area contributed by atoms with Gasteiger partial charge in [0.2, 0.25) is 5.89 Å². The van der Waals surface area contributed by atoms with Crippen molar-refractivity contribution in [1.82, 2.24) is 9.71 Å². The molecule has 0 aliphatic rings. The number of aromatic nitrogens is 1. The summed E-state index contributed by atoms with van der Waals surface area (Å²) in [5.74, 6) is 0.602. The van der Waals surface area contributed by atoms with Gasteiger partial charge in [-0.2, -0.15) is 0 Å². The lowest BCUT2D eigenvalue weighted by atomic mass is 10.1. The van der Waals surface area contributed by atoms with Crippen LogP contribution in [0, 0.1) is 0 Å². The molecule has 0 saturated heterocycles. The molecule has 1 heterocycles. The van der Waals surface area contributed by atoms with Gasteiger partial charge in [-0.15, -0.1) is 4.72 Å². The normalized spacial score (nSPS) is 14.7. The number of hydrogen-bond acceptors (Lipinski definition) is 4. The Bertz CT molecular complexity index is 538. The summed E-state index contributed by atoms with van der Waals surface area (Å²) >= 11 is -1.15. The molecule has 0 amide bonds. The summed E-state index contributed by atoms with van der Waals surface area (Å²) in [5.41, 5.74) is 1.31. The van der Waals surface area contributed by atoms with Gasteiger partial charge >= 0.3 is 0 Å². The fourth-order valence-electron chi connectivity index (χ4n) is 2.10. The Morgan fingerprint density at radius 2 is 2.00 bits per heavy atom. The van der Waals surface area contributed by atoms with Crippen LogP contribution >= 0.6 is 0 Å². The predicted octanol–water partition coefficient (Wildman–Crippen LogP) is 3.79.